The van der Waals surface area contributed by atoms with Crippen molar-refractivity contribution in [3.8, 4) is 0 Å². The first kappa shape index (κ1) is 15.4. The van der Waals surface area contributed by atoms with Gasteiger partial charge in [-0.05, 0) is 18.1 Å². The highest BCUT2D eigenvalue weighted by atomic mass is 32.2. The number of Topliss-reactive ketones (excluding diaryl/α,β-unsaturated/α-hetero) is 1. The van der Waals surface area contributed by atoms with Crippen LogP contribution in [0.3, 0.4) is 0 Å². The monoisotopic (exact) mass is 304 g/mol. The van der Waals surface area contributed by atoms with E-state index in [1.807, 2.05) is 0 Å². The van der Waals surface area contributed by atoms with Crippen LogP contribution in [0, 0.1) is 6.92 Å². The summed E-state index contributed by atoms with van der Waals surface area (Å²) in [5.74, 6) is -0.318. The highest BCUT2D eigenvalue weighted by Gasteiger charge is 2.29. The molecule has 0 amide bonds. The maximum atomic E-state index is 12.2. The molecule has 2 rings (SSSR count). The van der Waals surface area contributed by atoms with Gasteiger partial charge in [-0.3, -0.25) is 9.35 Å². The van der Waals surface area contributed by atoms with Crippen molar-refractivity contribution in [1.82, 2.24) is 0 Å². The third kappa shape index (κ3) is 3.77. The van der Waals surface area contributed by atoms with Gasteiger partial charge in [-0.15, -0.1) is 0 Å². The van der Waals surface area contributed by atoms with Crippen LogP contribution in [0.1, 0.15) is 33.2 Å². The third-order valence-corrected chi connectivity index (χ3v) is 4.50. The van der Waals surface area contributed by atoms with Gasteiger partial charge in [-0.1, -0.05) is 54.6 Å². The van der Waals surface area contributed by atoms with E-state index in [-0.39, 0.29) is 12.2 Å². The van der Waals surface area contributed by atoms with E-state index < -0.39 is 15.4 Å². The molecule has 0 aliphatic rings. The molecule has 0 saturated heterocycles. The van der Waals surface area contributed by atoms with E-state index in [4.69, 9.17) is 0 Å². The van der Waals surface area contributed by atoms with E-state index in [9.17, 15) is 17.8 Å². The van der Waals surface area contributed by atoms with Crippen molar-refractivity contribution >= 4 is 15.9 Å². The van der Waals surface area contributed by atoms with E-state index >= 15 is 0 Å². The fraction of sp³-hybridized carbons (Fsp3) is 0.188. The minimum Gasteiger partial charge on any atom is -0.294 e. The maximum Gasteiger partial charge on any atom is 0.272 e. The van der Waals surface area contributed by atoms with Crippen molar-refractivity contribution in [3.05, 3.63) is 71.3 Å². The van der Waals surface area contributed by atoms with Crippen LogP contribution in [-0.4, -0.2) is 18.8 Å². The molecule has 0 radical (unpaired) electrons. The van der Waals surface area contributed by atoms with E-state index in [0.717, 1.165) is 5.56 Å². The lowest BCUT2D eigenvalue weighted by atomic mass is 9.99. The maximum absolute atomic E-state index is 12.2. The van der Waals surface area contributed by atoms with Crippen LogP contribution in [0.2, 0.25) is 0 Å². The molecule has 2 aromatic carbocycles. The Bertz CT molecular complexity index is 736. The summed E-state index contributed by atoms with van der Waals surface area (Å²) in [6.07, 6.45) is -0.284. The number of hydrogen-bond donors (Lipinski definition) is 1. The summed E-state index contributed by atoms with van der Waals surface area (Å²) in [6, 6.07) is 15.3. The zero-order chi connectivity index (χ0) is 15.5. The van der Waals surface area contributed by atoms with Gasteiger partial charge < -0.3 is 0 Å². The summed E-state index contributed by atoms with van der Waals surface area (Å²) in [7, 11) is -4.36. The highest BCUT2D eigenvalue weighted by Crippen LogP contribution is 2.29. The van der Waals surface area contributed by atoms with Gasteiger partial charge in [0.25, 0.3) is 10.1 Å². The topological polar surface area (TPSA) is 71.4 Å². The summed E-state index contributed by atoms with van der Waals surface area (Å²) < 4.78 is 32.8. The molecule has 4 nitrogen and oxygen atoms in total. The van der Waals surface area contributed by atoms with Gasteiger partial charge in [0.05, 0.1) is 0 Å². The summed E-state index contributed by atoms with van der Waals surface area (Å²) in [6.45, 7) is 1.75. The number of hydrogen-bond acceptors (Lipinski definition) is 3. The molecule has 0 aliphatic heterocycles. The molecule has 0 spiro atoms. The molecule has 0 aromatic heterocycles. The van der Waals surface area contributed by atoms with Crippen LogP contribution in [-0.2, 0) is 10.1 Å². The second-order valence-corrected chi connectivity index (χ2v) is 6.45. The van der Waals surface area contributed by atoms with Crippen LogP contribution in [0.4, 0.5) is 0 Å². The Balaban J connectivity index is 2.36. The molecular formula is C16H16O4S. The first-order valence-corrected chi connectivity index (χ1v) is 8.00. The fourth-order valence-electron chi connectivity index (χ4n) is 2.23. The third-order valence-electron chi connectivity index (χ3n) is 3.36. The molecule has 0 heterocycles. The van der Waals surface area contributed by atoms with E-state index in [1.54, 1.807) is 61.5 Å². The molecule has 0 saturated carbocycles. The van der Waals surface area contributed by atoms with Crippen LogP contribution in [0.15, 0.2) is 54.6 Å². The van der Waals surface area contributed by atoms with E-state index in [0.29, 0.717) is 11.1 Å². The molecule has 1 unspecified atom stereocenters. The Labute approximate surface area is 124 Å². The summed E-state index contributed by atoms with van der Waals surface area (Å²) in [5, 5.41) is -1.24. The number of aryl methyl sites for hydroxylation is 1. The molecule has 0 aliphatic carbocycles. The largest absolute Gasteiger partial charge is 0.294 e. The van der Waals surface area contributed by atoms with Crippen LogP contribution < -0.4 is 0 Å². The molecule has 0 bridgehead atoms. The van der Waals surface area contributed by atoms with Crippen LogP contribution >= 0.6 is 0 Å². The summed E-state index contributed by atoms with van der Waals surface area (Å²) >= 11 is 0. The van der Waals surface area contributed by atoms with Gasteiger partial charge in [-0.25, -0.2) is 0 Å². The Hall–Kier alpha value is -1.98. The average molecular weight is 304 g/mol. The smallest absolute Gasteiger partial charge is 0.272 e. The standard InChI is InChI=1S/C16H16O4S/c1-12-7-5-6-10-14(12)16(21(18,19)20)11-15(17)13-8-3-2-4-9-13/h2-10,16H,11H2,1H3,(H,18,19,20). The second kappa shape index (κ2) is 6.20. The van der Waals surface area contributed by atoms with Gasteiger partial charge in [0.1, 0.15) is 5.25 Å². The predicted octanol–water partition coefficient (Wildman–Crippen LogP) is 3.20. The lowest BCUT2D eigenvalue weighted by molar-refractivity contribution is 0.0979. The lowest BCUT2D eigenvalue weighted by Gasteiger charge is -2.16. The van der Waals surface area contributed by atoms with Crippen molar-refractivity contribution in [2.45, 2.75) is 18.6 Å². The summed E-state index contributed by atoms with van der Waals surface area (Å²) in [4.78, 5) is 12.2. The van der Waals surface area contributed by atoms with Gasteiger partial charge in [-0.2, -0.15) is 8.42 Å². The number of carbonyl (C=O) groups excluding carboxylic acids is 1. The van der Waals surface area contributed by atoms with Gasteiger partial charge >= 0.3 is 0 Å². The average Bonchev–Trinajstić information content (AvgIpc) is 2.45. The normalized spacial score (nSPS) is 12.9. The predicted molar refractivity (Wildman–Crippen MR) is 80.9 cm³/mol. The Morgan fingerprint density at radius 3 is 2.19 bits per heavy atom. The fourth-order valence-corrected chi connectivity index (χ4v) is 3.18. The second-order valence-electron chi connectivity index (χ2n) is 4.85. The first-order chi connectivity index (χ1) is 9.89. The molecule has 1 atom stereocenters. The molecule has 0 fully saturated rings. The van der Waals surface area contributed by atoms with Gasteiger partial charge in [0.2, 0.25) is 0 Å². The zero-order valence-corrected chi connectivity index (χ0v) is 12.4. The highest BCUT2D eigenvalue weighted by molar-refractivity contribution is 7.86. The molecule has 110 valence electrons. The van der Waals surface area contributed by atoms with E-state index in [1.165, 1.54) is 0 Å². The number of ketones is 1. The van der Waals surface area contributed by atoms with Crippen molar-refractivity contribution in [2.24, 2.45) is 0 Å². The molecule has 5 heteroatoms. The Morgan fingerprint density at radius 2 is 1.62 bits per heavy atom. The van der Waals surface area contributed by atoms with E-state index in [2.05, 4.69) is 0 Å². The van der Waals surface area contributed by atoms with Gasteiger partial charge in [0.15, 0.2) is 5.78 Å². The van der Waals surface area contributed by atoms with Crippen LogP contribution in [0.5, 0.6) is 0 Å². The van der Waals surface area contributed by atoms with Crippen molar-refractivity contribution < 1.29 is 17.8 Å². The molecule has 21 heavy (non-hydrogen) atoms. The zero-order valence-electron chi connectivity index (χ0n) is 11.6. The lowest BCUT2D eigenvalue weighted by Crippen LogP contribution is -2.17. The SMILES string of the molecule is Cc1ccccc1C(CC(=O)c1ccccc1)S(=O)(=O)O. The quantitative estimate of drug-likeness (QED) is 0.680. The Kier molecular flexibility index (Phi) is 4.55. The summed E-state index contributed by atoms with van der Waals surface area (Å²) in [5.41, 5.74) is 1.60. The van der Waals surface area contributed by atoms with Crippen molar-refractivity contribution in [1.29, 1.82) is 0 Å². The van der Waals surface area contributed by atoms with Crippen molar-refractivity contribution in [2.75, 3.05) is 0 Å². The number of benzene rings is 2. The van der Waals surface area contributed by atoms with Crippen molar-refractivity contribution in [3.63, 3.8) is 0 Å². The van der Waals surface area contributed by atoms with Gasteiger partial charge in [0, 0.05) is 12.0 Å². The molecule has 1 N–H and O–H groups in total. The first-order valence-electron chi connectivity index (χ1n) is 6.49. The minimum atomic E-state index is -4.36. The molecular weight excluding hydrogens is 288 g/mol. The number of rotatable bonds is 5. The van der Waals surface area contributed by atoms with Crippen LogP contribution in [0.25, 0.3) is 0 Å². The Morgan fingerprint density at radius 1 is 1.05 bits per heavy atom. The number of carbonyl (C=O) groups is 1. The minimum absolute atomic E-state index is 0.284. The molecule has 2 aromatic rings.